The molecule has 0 radical (unpaired) electrons. The molecule has 1 heterocycles. The van der Waals surface area contributed by atoms with Crippen LogP contribution in [0, 0.1) is 0 Å². The van der Waals surface area contributed by atoms with Crippen LogP contribution in [0.4, 0.5) is 13.2 Å². The van der Waals surface area contributed by atoms with Gasteiger partial charge in [-0.05, 0) is 6.07 Å². The highest BCUT2D eigenvalue weighted by atomic mass is 19.4. The van der Waals surface area contributed by atoms with Gasteiger partial charge in [0.05, 0.1) is 6.42 Å². The molecule has 4 nitrogen and oxygen atoms in total. The number of nitrogens with one attached hydrogen (secondary N) is 2. The second kappa shape index (κ2) is 4.82. The van der Waals surface area contributed by atoms with Crippen LogP contribution in [0.5, 0.6) is 0 Å². The SMILES string of the molecule is O=C(NCCC(F)(F)F)c1cccc(=O)[nH]1. The first-order chi connectivity index (χ1) is 7.38. The van der Waals surface area contributed by atoms with Gasteiger partial charge in [-0.1, -0.05) is 6.07 Å². The van der Waals surface area contributed by atoms with Crippen molar-refractivity contribution in [3.8, 4) is 0 Å². The smallest absolute Gasteiger partial charge is 0.350 e. The lowest BCUT2D eigenvalue weighted by Crippen LogP contribution is -2.29. The predicted octanol–water partition coefficient (Wildman–Crippen LogP) is 1.06. The Labute approximate surface area is 88.5 Å². The van der Waals surface area contributed by atoms with E-state index in [-0.39, 0.29) is 5.69 Å². The quantitative estimate of drug-likeness (QED) is 0.821. The van der Waals surface area contributed by atoms with Crippen LogP contribution in [0.3, 0.4) is 0 Å². The van der Waals surface area contributed by atoms with Crippen molar-refractivity contribution in [1.82, 2.24) is 10.3 Å². The van der Waals surface area contributed by atoms with Gasteiger partial charge in [0.15, 0.2) is 0 Å². The Bertz CT molecular complexity index is 425. The fraction of sp³-hybridized carbons (Fsp3) is 0.333. The summed E-state index contributed by atoms with van der Waals surface area (Å²) in [7, 11) is 0. The van der Waals surface area contributed by atoms with Crippen LogP contribution in [0.2, 0.25) is 0 Å². The number of aromatic amines is 1. The van der Waals surface area contributed by atoms with E-state index in [1.807, 2.05) is 0 Å². The van der Waals surface area contributed by atoms with Crippen LogP contribution in [0.1, 0.15) is 16.9 Å². The number of aromatic nitrogens is 1. The Kier molecular flexibility index (Phi) is 3.70. The second-order valence-electron chi connectivity index (χ2n) is 3.05. The van der Waals surface area contributed by atoms with E-state index in [2.05, 4.69) is 10.3 Å². The second-order valence-corrected chi connectivity index (χ2v) is 3.05. The molecule has 7 heteroatoms. The lowest BCUT2D eigenvalue weighted by Gasteiger charge is -2.07. The summed E-state index contributed by atoms with van der Waals surface area (Å²) < 4.78 is 35.3. The van der Waals surface area contributed by atoms with Crippen LogP contribution in [0.15, 0.2) is 23.0 Å². The van der Waals surface area contributed by atoms with Gasteiger partial charge in [-0.25, -0.2) is 0 Å². The minimum atomic E-state index is -4.31. The molecule has 0 aliphatic heterocycles. The molecule has 0 bridgehead atoms. The molecule has 0 aliphatic carbocycles. The Morgan fingerprint density at radius 3 is 2.62 bits per heavy atom. The van der Waals surface area contributed by atoms with Crippen molar-refractivity contribution in [2.75, 3.05) is 6.54 Å². The van der Waals surface area contributed by atoms with Crippen molar-refractivity contribution in [2.24, 2.45) is 0 Å². The van der Waals surface area contributed by atoms with Crippen molar-refractivity contribution < 1.29 is 18.0 Å². The summed E-state index contributed by atoms with van der Waals surface area (Å²) in [6, 6.07) is 3.86. The summed E-state index contributed by atoms with van der Waals surface area (Å²) in [5, 5.41) is 2.05. The summed E-state index contributed by atoms with van der Waals surface area (Å²) in [6.07, 6.45) is -5.41. The molecule has 1 amide bonds. The zero-order valence-electron chi connectivity index (χ0n) is 8.10. The van der Waals surface area contributed by atoms with Gasteiger partial charge >= 0.3 is 6.18 Å². The van der Waals surface area contributed by atoms with Crippen LogP contribution < -0.4 is 10.9 Å². The Balaban J connectivity index is 2.51. The van der Waals surface area contributed by atoms with Crippen molar-refractivity contribution in [3.05, 3.63) is 34.2 Å². The molecule has 1 aromatic heterocycles. The highest BCUT2D eigenvalue weighted by molar-refractivity contribution is 5.92. The number of hydrogen-bond acceptors (Lipinski definition) is 2. The number of carbonyl (C=O) groups excluding carboxylic acids is 1. The van der Waals surface area contributed by atoms with Gasteiger partial charge in [-0.3, -0.25) is 9.59 Å². The molecule has 1 aromatic rings. The van der Waals surface area contributed by atoms with Gasteiger partial charge in [0.2, 0.25) is 5.56 Å². The summed E-state index contributed by atoms with van der Waals surface area (Å²) in [6.45, 7) is -0.515. The molecule has 0 fully saturated rings. The summed E-state index contributed by atoms with van der Waals surface area (Å²) >= 11 is 0. The average Bonchev–Trinajstić information content (AvgIpc) is 2.15. The minimum Gasteiger partial charge on any atom is -0.350 e. The number of rotatable bonds is 3. The van der Waals surface area contributed by atoms with Crippen molar-refractivity contribution in [2.45, 2.75) is 12.6 Å². The van der Waals surface area contributed by atoms with Gasteiger partial charge in [0.1, 0.15) is 5.69 Å². The van der Waals surface area contributed by atoms with E-state index in [0.29, 0.717) is 0 Å². The Morgan fingerprint density at radius 1 is 1.38 bits per heavy atom. The monoisotopic (exact) mass is 234 g/mol. The maximum Gasteiger partial charge on any atom is 0.390 e. The molecular formula is C9H9F3N2O2. The van der Waals surface area contributed by atoms with Gasteiger partial charge in [-0.2, -0.15) is 13.2 Å². The molecule has 0 saturated carbocycles. The molecule has 0 aliphatic rings. The topological polar surface area (TPSA) is 62.0 Å². The van der Waals surface area contributed by atoms with E-state index in [0.717, 1.165) is 0 Å². The molecule has 0 aromatic carbocycles. The van der Waals surface area contributed by atoms with E-state index in [9.17, 15) is 22.8 Å². The van der Waals surface area contributed by atoms with Crippen molar-refractivity contribution in [3.63, 3.8) is 0 Å². The van der Waals surface area contributed by atoms with Gasteiger partial charge < -0.3 is 10.3 Å². The van der Waals surface area contributed by atoms with Gasteiger partial charge in [0.25, 0.3) is 5.91 Å². The van der Waals surface area contributed by atoms with Crippen LogP contribution >= 0.6 is 0 Å². The van der Waals surface area contributed by atoms with Gasteiger partial charge in [-0.15, -0.1) is 0 Å². The molecule has 0 atom stereocenters. The largest absolute Gasteiger partial charge is 0.390 e. The van der Waals surface area contributed by atoms with E-state index >= 15 is 0 Å². The van der Waals surface area contributed by atoms with Crippen LogP contribution in [0.25, 0.3) is 0 Å². The molecule has 0 spiro atoms. The van der Waals surface area contributed by atoms with Crippen molar-refractivity contribution >= 4 is 5.91 Å². The molecule has 2 N–H and O–H groups in total. The van der Waals surface area contributed by atoms with Crippen LogP contribution in [-0.2, 0) is 0 Å². The molecule has 0 saturated heterocycles. The maximum atomic E-state index is 11.8. The summed E-state index contributed by atoms with van der Waals surface area (Å²) in [5.74, 6) is -0.734. The fourth-order valence-corrected chi connectivity index (χ4v) is 0.993. The molecular weight excluding hydrogens is 225 g/mol. The first-order valence-electron chi connectivity index (χ1n) is 4.43. The normalized spacial score (nSPS) is 11.2. The fourth-order valence-electron chi connectivity index (χ4n) is 0.993. The third-order valence-electron chi connectivity index (χ3n) is 1.71. The highest BCUT2D eigenvalue weighted by Gasteiger charge is 2.26. The minimum absolute atomic E-state index is 0.0605. The molecule has 88 valence electrons. The average molecular weight is 234 g/mol. The Hall–Kier alpha value is -1.79. The molecule has 16 heavy (non-hydrogen) atoms. The third kappa shape index (κ3) is 4.16. The zero-order valence-corrected chi connectivity index (χ0v) is 8.10. The predicted molar refractivity (Wildman–Crippen MR) is 50.1 cm³/mol. The number of alkyl halides is 3. The van der Waals surface area contributed by atoms with E-state index < -0.39 is 30.6 Å². The van der Waals surface area contributed by atoms with E-state index in [1.54, 1.807) is 0 Å². The van der Waals surface area contributed by atoms with Gasteiger partial charge in [0, 0.05) is 12.6 Å². The first kappa shape index (κ1) is 12.3. The summed E-state index contributed by atoms with van der Waals surface area (Å²) in [4.78, 5) is 24.3. The van der Waals surface area contributed by atoms with Crippen molar-refractivity contribution in [1.29, 1.82) is 0 Å². The van der Waals surface area contributed by atoms with Crippen LogP contribution in [-0.4, -0.2) is 23.6 Å². The summed E-state index contributed by atoms with van der Waals surface area (Å²) in [5.41, 5.74) is -0.543. The third-order valence-corrected chi connectivity index (χ3v) is 1.71. The molecule has 1 rings (SSSR count). The first-order valence-corrected chi connectivity index (χ1v) is 4.43. The number of pyridine rings is 1. The lowest BCUT2D eigenvalue weighted by atomic mass is 10.3. The number of halogens is 3. The number of carbonyl (C=O) groups is 1. The number of H-pyrrole nitrogens is 1. The standard InChI is InChI=1S/C9H9F3N2O2/c10-9(11,12)4-5-13-8(16)6-2-1-3-7(15)14-6/h1-3H,4-5H2,(H,13,16)(H,14,15). The maximum absolute atomic E-state index is 11.8. The lowest BCUT2D eigenvalue weighted by molar-refractivity contribution is -0.132. The highest BCUT2D eigenvalue weighted by Crippen LogP contribution is 2.18. The molecule has 0 unspecified atom stereocenters. The number of hydrogen-bond donors (Lipinski definition) is 2. The van der Waals surface area contributed by atoms with E-state index in [4.69, 9.17) is 0 Å². The van der Waals surface area contributed by atoms with E-state index in [1.165, 1.54) is 18.2 Å². The number of amides is 1. The Morgan fingerprint density at radius 2 is 2.06 bits per heavy atom. The zero-order chi connectivity index (χ0) is 12.2.